The van der Waals surface area contributed by atoms with Crippen LogP contribution in [0.25, 0.3) is 0 Å². The predicted molar refractivity (Wildman–Crippen MR) is 106 cm³/mol. The van der Waals surface area contributed by atoms with Crippen molar-refractivity contribution in [2.24, 2.45) is 5.92 Å². The molecule has 0 unspecified atom stereocenters. The Kier molecular flexibility index (Phi) is 6.79. The summed E-state index contributed by atoms with van der Waals surface area (Å²) >= 11 is 6.06. The summed E-state index contributed by atoms with van der Waals surface area (Å²) in [6.07, 6.45) is 3.03. The molecule has 3 N–H and O–H groups in total. The number of aromatic nitrogens is 3. The summed E-state index contributed by atoms with van der Waals surface area (Å²) in [5.74, 6) is -0.495. The zero-order valence-electron chi connectivity index (χ0n) is 15.7. The van der Waals surface area contributed by atoms with Crippen LogP contribution in [0.5, 0.6) is 0 Å². The third-order valence-electron chi connectivity index (χ3n) is 4.00. The van der Waals surface area contributed by atoms with E-state index in [1.807, 2.05) is 20.8 Å². The maximum Gasteiger partial charge on any atom is 0.330 e. The minimum Gasteiger partial charge on any atom is -0.383 e. The van der Waals surface area contributed by atoms with E-state index in [1.54, 1.807) is 6.07 Å². The number of hydrogen-bond acceptors (Lipinski definition) is 5. The summed E-state index contributed by atoms with van der Waals surface area (Å²) in [5, 5.41) is 0.0329. The molecule has 0 fully saturated rings. The average molecular weight is 394 g/mol. The van der Waals surface area contributed by atoms with Gasteiger partial charge in [-0.3, -0.25) is 19.1 Å². The van der Waals surface area contributed by atoms with Crippen LogP contribution in [0.3, 0.4) is 0 Å². The lowest BCUT2D eigenvalue weighted by Crippen LogP contribution is -2.42. The summed E-state index contributed by atoms with van der Waals surface area (Å²) in [6.45, 7) is 6.36. The maximum absolute atomic E-state index is 13.1. The quantitative estimate of drug-likeness (QED) is 0.700. The second kappa shape index (κ2) is 8.85. The van der Waals surface area contributed by atoms with Crippen LogP contribution in [0.15, 0.2) is 27.9 Å². The first-order valence-corrected chi connectivity index (χ1v) is 9.20. The topological polar surface area (TPSA) is 114 Å². The number of amides is 1. The fraction of sp³-hybridized carbons (Fsp3) is 0.444. The van der Waals surface area contributed by atoms with Gasteiger partial charge in [0.1, 0.15) is 11.0 Å². The number of aromatic amines is 1. The Hall–Kier alpha value is -2.61. The van der Waals surface area contributed by atoms with E-state index in [4.69, 9.17) is 17.3 Å². The summed E-state index contributed by atoms with van der Waals surface area (Å²) in [6, 6.07) is 3.12. The van der Waals surface area contributed by atoms with E-state index in [0.717, 1.165) is 6.42 Å². The molecule has 2 aromatic heterocycles. The maximum atomic E-state index is 13.1. The number of anilines is 2. The number of nitrogens with one attached hydrogen (secondary N) is 1. The molecule has 9 heteroatoms. The summed E-state index contributed by atoms with van der Waals surface area (Å²) in [5.41, 5.74) is 4.96. The number of hydrogen-bond donors (Lipinski definition) is 2. The van der Waals surface area contributed by atoms with Gasteiger partial charge < -0.3 is 10.6 Å². The van der Waals surface area contributed by atoms with Gasteiger partial charge in [-0.2, -0.15) is 0 Å². The van der Waals surface area contributed by atoms with Crippen molar-refractivity contribution in [3.63, 3.8) is 0 Å². The minimum absolute atomic E-state index is 0.0329. The zero-order valence-corrected chi connectivity index (χ0v) is 16.4. The van der Waals surface area contributed by atoms with Crippen LogP contribution in [0.4, 0.5) is 11.5 Å². The number of pyridine rings is 1. The van der Waals surface area contributed by atoms with E-state index in [1.165, 1.54) is 21.7 Å². The van der Waals surface area contributed by atoms with Crippen LogP contribution < -0.4 is 21.9 Å². The zero-order chi connectivity index (χ0) is 20.1. The van der Waals surface area contributed by atoms with E-state index in [2.05, 4.69) is 9.97 Å². The fourth-order valence-electron chi connectivity index (χ4n) is 2.71. The molecule has 1 amide bonds. The van der Waals surface area contributed by atoms with Crippen molar-refractivity contribution < 1.29 is 4.79 Å². The van der Waals surface area contributed by atoms with Gasteiger partial charge in [0.05, 0.1) is 5.56 Å². The molecule has 0 radical (unpaired) electrons. The van der Waals surface area contributed by atoms with Gasteiger partial charge in [0, 0.05) is 19.3 Å². The van der Waals surface area contributed by atoms with Gasteiger partial charge in [0.2, 0.25) is 0 Å². The third-order valence-corrected chi connectivity index (χ3v) is 4.30. The van der Waals surface area contributed by atoms with Crippen molar-refractivity contribution in [3.05, 3.63) is 49.9 Å². The highest BCUT2D eigenvalue weighted by Gasteiger charge is 2.27. The lowest BCUT2D eigenvalue weighted by Gasteiger charge is -2.26. The molecule has 0 aromatic carbocycles. The number of halogens is 1. The molecule has 2 aromatic rings. The third kappa shape index (κ3) is 4.57. The van der Waals surface area contributed by atoms with Gasteiger partial charge in [-0.05, 0) is 24.5 Å². The SMILES string of the molecule is CCCCn1c(N)c(N(CC(C)C)C(=O)c2cccnc2Cl)c(=O)[nH]c1=O. The van der Waals surface area contributed by atoms with Gasteiger partial charge in [0.15, 0.2) is 5.69 Å². The Balaban J connectivity index is 2.64. The molecule has 8 nitrogen and oxygen atoms in total. The molecule has 0 saturated heterocycles. The van der Waals surface area contributed by atoms with Gasteiger partial charge in [-0.1, -0.05) is 38.8 Å². The summed E-state index contributed by atoms with van der Waals surface area (Å²) in [4.78, 5) is 45.3. The Morgan fingerprint density at radius 2 is 2.11 bits per heavy atom. The van der Waals surface area contributed by atoms with E-state index < -0.39 is 17.2 Å². The van der Waals surface area contributed by atoms with Crippen LogP contribution in [0.1, 0.15) is 44.0 Å². The number of nitrogen functional groups attached to an aromatic ring is 1. The molecular formula is C18H24ClN5O3. The van der Waals surface area contributed by atoms with Gasteiger partial charge in [-0.15, -0.1) is 0 Å². The number of carbonyl (C=O) groups excluding carboxylic acids is 1. The van der Waals surface area contributed by atoms with E-state index >= 15 is 0 Å². The smallest absolute Gasteiger partial charge is 0.330 e. The number of nitrogens with zero attached hydrogens (tertiary/aromatic N) is 3. The van der Waals surface area contributed by atoms with Gasteiger partial charge >= 0.3 is 5.69 Å². The van der Waals surface area contributed by atoms with Crippen molar-refractivity contribution in [1.29, 1.82) is 0 Å². The molecular weight excluding hydrogens is 370 g/mol. The summed E-state index contributed by atoms with van der Waals surface area (Å²) < 4.78 is 1.28. The first-order chi connectivity index (χ1) is 12.8. The predicted octanol–water partition coefficient (Wildman–Crippen LogP) is 2.27. The number of H-pyrrole nitrogens is 1. The van der Waals surface area contributed by atoms with Crippen LogP contribution in [0, 0.1) is 5.92 Å². The number of nitrogens with two attached hydrogens (primary N) is 1. The largest absolute Gasteiger partial charge is 0.383 e. The fourth-order valence-corrected chi connectivity index (χ4v) is 2.91. The van der Waals surface area contributed by atoms with Crippen molar-refractivity contribution >= 4 is 29.0 Å². The normalized spacial score (nSPS) is 11.0. The van der Waals surface area contributed by atoms with Gasteiger partial charge in [0.25, 0.3) is 11.5 Å². The number of rotatable bonds is 7. The Bertz CT molecular complexity index is 935. The Morgan fingerprint density at radius 1 is 1.41 bits per heavy atom. The number of unbranched alkanes of at least 4 members (excludes halogenated alkanes) is 1. The molecule has 0 bridgehead atoms. The van der Waals surface area contributed by atoms with Gasteiger partial charge in [-0.25, -0.2) is 9.78 Å². The van der Waals surface area contributed by atoms with Crippen LogP contribution in [-0.2, 0) is 6.54 Å². The second-order valence-corrected chi connectivity index (χ2v) is 7.01. The molecule has 0 aliphatic carbocycles. The van der Waals surface area contributed by atoms with Crippen molar-refractivity contribution in [3.8, 4) is 0 Å². The molecule has 0 aliphatic heterocycles. The van der Waals surface area contributed by atoms with E-state index in [0.29, 0.717) is 13.0 Å². The first kappa shape index (κ1) is 20.7. The van der Waals surface area contributed by atoms with Crippen LogP contribution in [0.2, 0.25) is 5.15 Å². The molecule has 2 rings (SSSR count). The molecule has 0 aliphatic rings. The van der Waals surface area contributed by atoms with Crippen LogP contribution in [-0.4, -0.2) is 27.0 Å². The summed E-state index contributed by atoms with van der Waals surface area (Å²) in [7, 11) is 0. The first-order valence-electron chi connectivity index (χ1n) is 8.82. The molecule has 0 spiro atoms. The molecule has 0 atom stereocenters. The van der Waals surface area contributed by atoms with Crippen LogP contribution >= 0.6 is 11.6 Å². The highest BCUT2D eigenvalue weighted by molar-refractivity contribution is 6.33. The Morgan fingerprint density at radius 3 is 2.70 bits per heavy atom. The highest BCUT2D eigenvalue weighted by Crippen LogP contribution is 2.23. The van der Waals surface area contributed by atoms with Crippen molar-refractivity contribution in [2.75, 3.05) is 17.2 Å². The molecule has 0 saturated carbocycles. The second-order valence-electron chi connectivity index (χ2n) is 6.65. The molecule has 146 valence electrons. The lowest BCUT2D eigenvalue weighted by molar-refractivity contribution is 0.0983. The van der Waals surface area contributed by atoms with Crippen molar-refractivity contribution in [1.82, 2.24) is 14.5 Å². The molecule has 27 heavy (non-hydrogen) atoms. The number of carbonyl (C=O) groups is 1. The average Bonchev–Trinajstić information content (AvgIpc) is 2.60. The Labute approximate surface area is 162 Å². The van der Waals surface area contributed by atoms with Crippen molar-refractivity contribution in [2.45, 2.75) is 40.2 Å². The lowest BCUT2D eigenvalue weighted by atomic mass is 10.1. The molecule has 2 heterocycles. The minimum atomic E-state index is -0.709. The van der Waals surface area contributed by atoms with E-state index in [-0.39, 0.29) is 34.7 Å². The monoisotopic (exact) mass is 393 g/mol. The highest BCUT2D eigenvalue weighted by atomic mass is 35.5. The standard InChI is InChI=1S/C18H24ClN5O3/c1-4-5-9-23-15(20)13(16(25)22-18(23)27)24(10-11(2)3)17(26)12-7-6-8-21-14(12)19/h6-8,11H,4-5,9-10,20H2,1-3H3,(H,22,25,27). The van der Waals surface area contributed by atoms with E-state index in [9.17, 15) is 14.4 Å².